The molecule has 0 amide bonds. The highest BCUT2D eigenvalue weighted by Gasteiger charge is 2.40. The van der Waals surface area contributed by atoms with Crippen LogP contribution in [0.25, 0.3) is 16.8 Å². The van der Waals surface area contributed by atoms with Crippen molar-refractivity contribution in [2.45, 2.75) is 18.4 Å². The number of hydrogen-bond acceptors (Lipinski definition) is 3. The molecule has 0 saturated carbocycles. The number of nitrogens with zero attached hydrogens (tertiary/aromatic N) is 1. The van der Waals surface area contributed by atoms with E-state index in [4.69, 9.17) is 10.5 Å². The van der Waals surface area contributed by atoms with Crippen molar-refractivity contribution in [2.24, 2.45) is 5.73 Å². The van der Waals surface area contributed by atoms with E-state index in [9.17, 15) is 0 Å². The van der Waals surface area contributed by atoms with E-state index in [2.05, 4.69) is 53.5 Å². The number of likely N-dealkylation sites (tertiary alicyclic amines) is 1. The molecule has 2 aromatic rings. The molecule has 2 heterocycles. The average molecular weight is 294 g/mol. The third-order valence-electron chi connectivity index (χ3n) is 4.80. The molecule has 114 valence electrons. The maximum absolute atomic E-state index is 6.54. The van der Waals surface area contributed by atoms with Crippen LogP contribution in [0.4, 0.5) is 0 Å². The molecule has 2 aromatic carbocycles. The number of rotatable bonds is 3. The minimum atomic E-state index is -0.161. The molecule has 1 saturated heterocycles. The molecule has 2 aliphatic rings. The van der Waals surface area contributed by atoms with Gasteiger partial charge in [0.05, 0.1) is 0 Å². The molecule has 4 rings (SSSR count). The first-order valence-corrected chi connectivity index (χ1v) is 8.12. The van der Waals surface area contributed by atoms with Crippen LogP contribution < -0.4 is 10.5 Å². The van der Waals surface area contributed by atoms with E-state index < -0.39 is 0 Å². The van der Waals surface area contributed by atoms with E-state index in [1.165, 1.54) is 16.3 Å². The van der Waals surface area contributed by atoms with Crippen molar-refractivity contribution in [3.63, 3.8) is 0 Å². The Balaban J connectivity index is 1.65. The smallest absolute Gasteiger partial charge is 0.141 e. The van der Waals surface area contributed by atoms with Crippen LogP contribution in [0.2, 0.25) is 0 Å². The van der Waals surface area contributed by atoms with Crippen molar-refractivity contribution in [3.05, 3.63) is 48.0 Å². The zero-order chi connectivity index (χ0) is 15.0. The summed E-state index contributed by atoms with van der Waals surface area (Å²) < 4.78 is 6.54. The Morgan fingerprint density at radius 3 is 3.00 bits per heavy atom. The highest BCUT2D eigenvalue weighted by Crippen LogP contribution is 2.40. The van der Waals surface area contributed by atoms with Gasteiger partial charge in [-0.05, 0) is 31.0 Å². The molecule has 1 unspecified atom stereocenters. The van der Waals surface area contributed by atoms with E-state index in [0.29, 0.717) is 0 Å². The van der Waals surface area contributed by atoms with Gasteiger partial charge in [0, 0.05) is 30.5 Å². The lowest BCUT2D eigenvalue weighted by molar-refractivity contribution is 0.125. The topological polar surface area (TPSA) is 38.5 Å². The molecular weight excluding hydrogens is 272 g/mol. The first-order chi connectivity index (χ1) is 10.8. The quantitative estimate of drug-likeness (QED) is 0.945. The van der Waals surface area contributed by atoms with Gasteiger partial charge in [-0.2, -0.15) is 0 Å². The second-order valence-electron chi connectivity index (χ2n) is 6.37. The summed E-state index contributed by atoms with van der Waals surface area (Å²) in [4.78, 5) is 2.47. The van der Waals surface area contributed by atoms with Crippen molar-refractivity contribution >= 4 is 16.8 Å². The fraction of sp³-hybridized carbons (Fsp3) is 0.368. The SMILES string of the molecule is NCCCN1CCC2(C=Cc3ccc4ccccc4c3O2)C1. The average Bonchev–Trinajstić information content (AvgIpc) is 2.95. The summed E-state index contributed by atoms with van der Waals surface area (Å²) in [6.07, 6.45) is 6.60. The number of ether oxygens (including phenoxy) is 1. The maximum atomic E-state index is 6.54. The zero-order valence-electron chi connectivity index (χ0n) is 12.8. The maximum Gasteiger partial charge on any atom is 0.141 e. The predicted molar refractivity (Wildman–Crippen MR) is 91.1 cm³/mol. The van der Waals surface area contributed by atoms with Gasteiger partial charge in [-0.3, -0.25) is 4.90 Å². The second kappa shape index (κ2) is 5.41. The Hall–Kier alpha value is -1.84. The van der Waals surface area contributed by atoms with Crippen molar-refractivity contribution in [2.75, 3.05) is 26.2 Å². The Labute approximate surface area is 131 Å². The standard InChI is InChI=1S/C19H22N2O/c20-11-3-12-21-13-10-19(14-21)9-8-16-7-6-15-4-1-2-5-17(15)18(16)22-19/h1-2,4-9H,3,10-14,20H2. The molecule has 0 bridgehead atoms. The number of benzene rings is 2. The molecule has 1 atom stereocenters. The van der Waals surface area contributed by atoms with Gasteiger partial charge in [0.2, 0.25) is 0 Å². The van der Waals surface area contributed by atoms with Crippen LogP contribution in [-0.2, 0) is 0 Å². The summed E-state index contributed by atoms with van der Waals surface area (Å²) in [5.74, 6) is 1.04. The van der Waals surface area contributed by atoms with Crippen LogP contribution in [-0.4, -0.2) is 36.7 Å². The van der Waals surface area contributed by atoms with Crippen LogP contribution >= 0.6 is 0 Å². The lowest BCUT2D eigenvalue weighted by Gasteiger charge is -2.32. The predicted octanol–water partition coefficient (Wildman–Crippen LogP) is 3.04. The van der Waals surface area contributed by atoms with Crippen molar-refractivity contribution in [1.82, 2.24) is 4.90 Å². The Morgan fingerprint density at radius 2 is 2.09 bits per heavy atom. The molecule has 2 aliphatic heterocycles. The largest absolute Gasteiger partial charge is 0.481 e. The van der Waals surface area contributed by atoms with Gasteiger partial charge in [-0.25, -0.2) is 0 Å². The molecule has 3 nitrogen and oxygen atoms in total. The van der Waals surface area contributed by atoms with E-state index in [1.54, 1.807) is 0 Å². The summed E-state index contributed by atoms with van der Waals surface area (Å²) in [6, 6.07) is 12.8. The monoisotopic (exact) mass is 294 g/mol. The van der Waals surface area contributed by atoms with Gasteiger partial charge >= 0.3 is 0 Å². The summed E-state index contributed by atoms with van der Waals surface area (Å²) in [5.41, 5.74) is 6.65. The fourth-order valence-electron chi connectivity index (χ4n) is 3.59. The molecule has 1 fully saturated rings. The van der Waals surface area contributed by atoms with Crippen LogP contribution in [0.3, 0.4) is 0 Å². The highest BCUT2D eigenvalue weighted by molar-refractivity contribution is 5.92. The van der Waals surface area contributed by atoms with Gasteiger partial charge in [-0.1, -0.05) is 42.5 Å². The Bertz CT molecular complexity index is 724. The van der Waals surface area contributed by atoms with Crippen molar-refractivity contribution < 1.29 is 4.74 Å². The molecule has 2 N–H and O–H groups in total. The third kappa shape index (κ3) is 2.31. The van der Waals surface area contributed by atoms with Gasteiger partial charge < -0.3 is 10.5 Å². The molecule has 3 heteroatoms. The van der Waals surface area contributed by atoms with E-state index in [0.717, 1.165) is 44.8 Å². The second-order valence-corrected chi connectivity index (χ2v) is 6.37. The van der Waals surface area contributed by atoms with Gasteiger partial charge in [0.25, 0.3) is 0 Å². The summed E-state index contributed by atoms with van der Waals surface area (Å²) in [5, 5.41) is 2.45. The molecule has 0 aliphatic carbocycles. The summed E-state index contributed by atoms with van der Waals surface area (Å²) in [6.45, 7) is 3.88. The van der Waals surface area contributed by atoms with Crippen molar-refractivity contribution in [1.29, 1.82) is 0 Å². The molecule has 0 radical (unpaired) electrons. The Morgan fingerprint density at radius 1 is 1.18 bits per heavy atom. The summed E-state index contributed by atoms with van der Waals surface area (Å²) >= 11 is 0. The number of hydrogen-bond donors (Lipinski definition) is 1. The van der Waals surface area contributed by atoms with E-state index in [1.807, 2.05) is 0 Å². The number of nitrogens with two attached hydrogens (primary N) is 1. The van der Waals surface area contributed by atoms with Gasteiger partial charge in [-0.15, -0.1) is 0 Å². The normalized spacial score (nSPS) is 23.9. The van der Waals surface area contributed by atoms with Crippen LogP contribution in [0.1, 0.15) is 18.4 Å². The fourth-order valence-corrected chi connectivity index (χ4v) is 3.59. The van der Waals surface area contributed by atoms with Crippen LogP contribution in [0.5, 0.6) is 5.75 Å². The molecule has 22 heavy (non-hydrogen) atoms. The van der Waals surface area contributed by atoms with Crippen LogP contribution in [0.15, 0.2) is 42.5 Å². The highest BCUT2D eigenvalue weighted by atomic mass is 16.5. The van der Waals surface area contributed by atoms with E-state index >= 15 is 0 Å². The lowest BCUT2D eigenvalue weighted by atomic mass is 9.95. The zero-order valence-corrected chi connectivity index (χ0v) is 12.8. The first-order valence-electron chi connectivity index (χ1n) is 8.12. The third-order valence-corrected chi connectivity index (χ3v) is 4.80. The molecule has 0 aromatic heterocycles. The molecular formula is C19H22N2O. The Kier molecular flexibility index (Phi) is 3.40. The van der Waals surface area contributed by atoms with Crippen LogP contribution in [0, 0.1) is 0 Å². The number of fused-ring (bicyclic) bond motifs is 3. The lowest BCUT2D eigenvalue weighted by Crippen LogP contribution is -2.39. The minimum absolute atomic E-state index is 0.161. The first kappa shape index (κ1) is 13.8. The minimum Gasteiger partial charge on any atom is -0.481 e. The van der Waals surface area contributed by atoms with Crippen molar-refractivity contribution in [3.8, 4) is 5.75 Å². The molecule has 1 spiro atoms. The van der Waals surface area contributed by atoms with Gasteiger partial charge in [0.15, 0.2) is 0 Å². The van der Waals surface area contributed by atoms with E-state index in [-0.39, 0.29) is 5.60 Å². The summed E-state index contributed by atoms with van der Waals surface area (Å²) in [7, 11) is 0. The van der Waals surface area contributed by atoms with Gasteiger partial charge in [0.1, 0.15) is 11.4 Å².